The van der Waals surface area contributed by atoms with E-state index >= 15 is 0 Å². The molecular formula is C29H33Cl2FN8O2. The molecule has 42 heavy (non-hydrogen) atoms. The number of likely N-dealkylation sites (tertiary alicyclic amines) is 1. The number of fused-ring (bicyclic) bond motifs is 1. The van der Waals surface area contributed by atoms with Crippen LogP contribution in [0.15, 0.2) is 72.0 Å². The smallest absolute Gasteiger partial charge is 0.281 e. The first-order valence-electron chi connectivity index (χ1n) is 13.3. The second-order valence-electron chi connectivity index (χ2n) is 10.5. The normalized spacial score (nSPS) is 14.9. The molecule has 0 bridgehead atoms. The third-order valence-electron chi connectivity index (χ3n) is 7.73. The number of aliphatic hydroxyl groups is 1. The van der Waals surface area contributed by atoms with Crippen LogP contribution in [0.1, 0.15) is 24.0 Å². The van der Waals surface area contributed by atoms with Crippen LogP contribution in [-0.2, 0) is 26.7 Å². The summed E-state index contributed by atoms with van der Waals surface area (Å²) < 4.78 is 19.5. The molecule has 1 aliphatic heterocycles. The first kappa shape index (κ1) is 31.3. The standard InChI is InChI=1S/C29H31FN8O2.2ClH/c1-35-27(21-5-3-20(16-31)4-6-21)25-26(34-35)28(39)37(19-32-25)18-29(40)9-13-36(14-10-29)17-22-7-8-23(15-24(22)30)38-12-2-11-33-38;;/h2-8,11-12,15,19,40H,9-10,13-14,16-18,31H2,1H3;2*1H. The Balaban J connectivity index is 0.00000202. The molecule has 0 spiro atoms. The van der Waals surface area contributed by atoms with Gasteiger partial charge < -0.3 is 10.8 Å². The van der Waals surface area contributed by atoms with Crippen LogP contribution < -0.4 is 11.3 Å². The SMILES string of the molecule is Cl.Cl.Cn1nc2c(=O)n(CC3(O)CCN(Cc4ccc(-n5cccn5)cc4F)CC3)cnc2c1-c1ccc(CN)cc1. The summed E-state index contributed by atoms with van der Waals surface area (Å²) in [5.41, 5.74) is 9.05. The van der Waals surface area contributed by atoms with Crippen molar-refractivity contribution in [1.82, 2.24) is 34.0 Å². The quantitative estimate of drug-likeness (QED) is 0.288. The molecule has 3 N–H and O–H groups in total. The van der Waals surface area contributed by atoms with Crippen LogP contribution in [0.3, 0.4) is 0 Å². The van der Waals surface area contributed by atoms with Crippen molar-refractivity contribution in [3.05, 3.63) is 94.5 Å². The van der Waals surface area contributed by atoms with Gasteiger partial charge in [0, 0.05) is 56.7 Å². The van der Waals surface area contributed by atoms with E-state index in [4.69, 9.17) is 5.73 Å². The number of hydrogen-bond acceptors (Lipinski definition) is 7. The second kappa shape index (κ2) is 12.7. The lowest BCUT2D eigenvalue weighted by Gasteiger charge is -2.38. The molecule has 0 unspecified atom stereocenters. The van der Waals surface area contributed by atoms with Gasteiger partial charge in [0.15, 0.2) is 5.52 Å². The summed E-state index contributed by atoms with van der Waals surface area (Å²) in [5, 5.41) is 20.0. The van der Waals surface area contributed by atoms with Gasteiger partial charge in [-0.3, -0.25) is 18.9 Å². The van der Waals surface area contributed by atoms with E-state index < -0.39 is 5.60 Å². The highest BCUT2D eigenvalue weighted by molar-refractivity contribution is 5.89. The lowest BCUT2D eigenvalue weighted by molar-refractivity contribution is -0.0366. The average molecular weight is 616 g/mol. The molecule has 0 atom stereocenters. The number of benzene rings is 2. The van der Waals surface area contributed by atoms with E-state index in [2.05, 4.69) is 20.1 Å². The molecule has 1 saturated heterocycles. The maximum atomic E-state index is 14.8. The van der Waals surface area contributed by atoms with Gasteiger partial charge in [-0.2, -0.15) is 10.2 Å². The van der Waals surface area contributed by atoms with Crippen molar-refractivity contribution < 1.29 is 9.50 Å². The molecule has 10 nitrogen and oxygen atoms in total. The highest BCUT2D eigenvalue weighted by atomic mass is 35.5. The molecule has 0 radical (unpaired) electrons. The molecule has 3 aromatic heterocycles. The second-order valence-corrected chi connectivity index (χ2v) is 10.5. The predicted octanol–water partition coefficient (Wildman–Crippen LogP) is 3.45. The van der Waals surface area contributed by atoms with Gasteiger partial charge in [0.1, 0.15) is 11.3 Å². The molecule has 6 rings (SSSR count). The lowest BCUT2D eigenvalue weighted by atomic mass is 9.91. The molecule has 0 saturated carbocycles. The van der Waals surface area contributed by atoms with E-state index in [0.29, 0.717) is 55.8 Å². The van der Waals surface area contributed by atoms with E-state index in [1.807, 2.05) is 30.3 Å². The van der Waals surface area contributed by atoms with Crippen molar-refractivity contribution in [2.45, 2.75) is 38.1 Å². The number of rotatable bonds is 7. The molecule has 2 aromatic carbocycles. The van der Waals surface area contributed by atoms with E-state index in [-0.39, 0.29) is 48.3 Å². The Kier molecular flexibility index (Phi) is 9.49. The van der Waals surface area contributed by atoms with Crippen LogP contribution >= 0.6 is 24.8 Å². The average Bonchev–Trinajstić information content (AvgIpc) is 3.61. The molecule has 0 aliphatic carbocycles. The largest absolute Gasteiger partial charge is 0.388 e. The van der Waals surface area contributed by atoms with Crippen molar-refractivity contribution in [2.75, 3.05) is 13.1 Å². The summed E-state index contributed by atoms with van der Waals surface area (Å²) >= 11 is 0. The van der Waals surface area contributed by atoms with Gasteiger partial charge in [-0.1, -0.05) is 30.3 Å². The van der Waals surface area contributed by atoms with Crippen molar-refractivity contribution in [1.29, 1.82) is 0 Å². The summed E-state index contributed by atoms with van der Waals surface area (Å²) in [7, 11) is 1.79. The lowest BCUT2D eigenvalue weighted by Crippen LogP contribution is -2.47. The molecule has 13 heteroatoms. The highest BCUT2D eigenvalue weighted by Gasteiger charge is 2.33. The molecule has 5 aromatic rings. The third kappa shape index (κ3) is 6.11. The van der Waals surface area contributed by atoms with Crippen molar-refractivity contribution in [2.24, 2.45) is 12.8 Å². The molecule has 4 heterocycles. The minimum atomic E-state index is -1.08. The summed E-state index contributed by atoms with van der Waals surface area (Å²) in [6.07, 6.45) is 5.81. The summed E-state index contributed by atoms with van der Waals surface area (Å²) in [6, 6.07) is 14.7. The van der Waals surface area contributed by atoms with Gasteiger partial charge in [-0.05, 0) is 36.6 Å². The van der Waals surface area contributed by atoms with Crippen molar-refractivity contribution in [3.8, 4) is 16.9 Å². The minimum Gasteiger partial charge on any atom is -0.388 e. The minimum absolute atomic E-state index is 0. The zero-order valence-corrected chi connectivity index (χ0v) is 24.7. The van der Waals surface area contributed by atoms with Crippen LogP contribution in [-0.4, -0.2) is 57.8 Å². The fourth-order valence-corrected chi connectivity index (χ4v) is 5.40. The van der Waals surface area contributed by atoms with Gasteiger partial charge >= 0.3 is 0 Å². The summed E-state index contributed by atoms with van der Waals surface area (Å²) in [6.45, 7) is 2.17. The maximum Gasteiger partial charge on any atom is 0.281 e. The topological polar surface area (TPSA) is 120 Å². The fourth-order valence-electron chi connectivity index (χ4n) is 5.40. The number of halogens is 3. The predicted molar refractivity (Wildman–Crippen MR) is 164 cm³/mol. The number of hydrogen-bond donors (Lipinski definition) is 2. The number of aromatic nitrogens is 6. The monoisotopic (exact) mass is 614 g/mol. The Morgan fingerprint density at radius 1 is 1.07 bits per heavy atom. The first-order valence-corrected chi connectivity index (χ1v) is 13.3. The maximum absolute atomic E-state index is 14.8. The van der Waals surface area contributed by atoms with Crippen molar-refractivity contribution in [3.63, 3.8) is 0 Å². The Bertz CT molecular complexity index is 1710. The van der Waals surface area contributed by atoms with Gasteiger partial charge in [0.25, 0.3) is 5.56 Å². The first-order chi connectivity index (χ1) is 19.3. The Labute approximate surface area is 254 Å². The molecular weight excluding hydrogens is 582 g/mol. The number of nitrogens with two attached hydrogens (primary N) is 1. The van der Waals surface area contributed by atoms with Gasteiger partial charge in [0.2, 0.25) is 0 Å². The molecule has 222 valence electrons. The highest BCUT2D eigenvalue weighted by Crippen LogP contribution is 2.28. The molecule has 0 amide bonds. The Morgan fingerprint density at radius 2 is 1.81 bits per heavy atom. The van der Waals surface area contributed by atoms with E-state index in [1.165, 1.54) is 17.0 Å². The van der Waals surface area contributed by atoms with E-state index in [1.54, 1.807) is 40.9 Å². The van der Waals surface area contributed by atoms with Crippen LogP contribution in [0, 0.1) is 5.82 Å². The van der Waals surface area contributed by atoms with E-state index in [9.17, 15) is 14.3 Å². The van der Waals surface area contributed by atoms with Crippen LogP contribution in [0.25, 0.3) is 28.0 Å². The van der Waals surface area contributed by atoms with Crippen molar-refractivity contribution >= 4 is 35.8 Å². The number of aryl methyl sites for hydroxylation is 1. The Hall–Kier alpha value is -3.61. The molecule has 1 fully saturated rings. The summed E-state index contributed by atoms with van der Waals surface area (Å²) in [4.78, 5) is 20.0. The third-order valence-corrected chi connectivity index (χ3v) is 7.73. The zero-order chi connectivity index (χ0) is 27.9. The zero-order valence-electron chi connectivity index (χ0n) is 23.1. The fraction of sp³-hybridized carbons (Fsp3) is 0.310. The number of nitrogens with zero attached hydrogens (tertiary/aromatic N) is 7. The van der Waals surface area contributed by atoms with Gasteiger partial charge in [-0.15, -0.1) is 24.8 Å². The van der Waals surface area contributed by atoms with Gasteiger partial charge in [0.05, 0.1) is 29.9 Å². The number of piperidine rings is 1. The van der Waals surface area contributed by atoms with Crippen LogP contribution in [0.4, 0.5) is 4.39 Å². The molecule has 1 aliphatic rings. The van der Waals surface area contributed by atoms with Crippen LogP contribution in [0.2, 0.25) is 0 Å². The van der Waals surface area contributed by atoms with Gasteiger partial charge in [-0.25, -0.2) is 14.1 Å². The van der Waals surface area contributed by atoms with E-state index in [0.717, 1.165) is 16.8 Å². The van der Waals surface area contributed by atoms with Crippen LogP contribution in [0.5, 0.6) is 0 Å². The summed E-state index contributed by atoms with van der Waals surface area (Å²) in [5.74, 6) is -0.287. The Morgan fingerprint density at radius 3 is 2.45 bits per heavy atom.